The van der Waals surface area contributed by atoms with Gasteiger partial charge >= 0.3 is 0 Å². The van der Waals surface area contributed by atoms with Crippen LogP contribution < -0.4 is 0 Å². The van der Waals surface area contributed by atoms with Gasteiger partial charge in [0.1, 0.15) is 0 Å². The molecular formula is C14H21N. The quantitative estimate of drug-likeness (QED) is 0.714. The second-order valence-corrected chi connectivity index (χ2v) is 5.98. The van der Waals surface area contributed by atoms with Gasteiger partial charge in [0.15, 0.2) is 0 Å². The average Bonchev–Trinajstić information content (AvgIpc) is 2.46. The van der Waals surface area contributed by atoms with Crippen molar-refractivity contribution in [1.82, 2.24) is 4.98 Å². The van der Waals surface area contributed by atoms with Crippen LogP contribution in [-0.2, 0) is 12.8 Å². The topological polar surface area (TPSA) is 15.8 Å². The number of H-pyrrole nitrogens is 1. The lowest BCUT2D eigenvalue weighted by Gasteiger charge is -2.20. The molecule has 1 N–H and O–H groups in total. The minimum absolute atomic E-state index is 0.375. The standard InChI is InChI=1S/C14H21N/c1-10-5-6-13-12(7-10)11(9-15-13)8-14(2,3)4/h5-6,9-10,15H,7-8H2,1-4H3. The maximum absolute atomic E-state index is 3.38. The summed E-state index contributed by atoms with van der Waals surface area (Å²) >= 11 is 0. The van der Waals surface area contributed by atoms with Gasteiger partial charge in [0.05, 0.1) is 0 Å². The Labute approximate surface area is 92.6 Å². The van der Waals surface area contributed by atoms with Crippen LogP contribution >= 0.6 is 0 Å². The second kappa shape index (κ2) is 3.55. The van der Waals surface area contributed by atoms with E-state index in [4.69, 9.17) is 0 Å². The lowest BCUT2D eigenvalue weighted by atomic mass is 9.84. The Morgan fingerprint density at radius 3 is 2.80 bits per heavy atom. The van der Waals surface area contributed by atoms with Crippen LogP contribution in [0.1, 0.15) is 44.5 Å². The summed E-state index contributed by atoms with van der Waals surface area (Å²) in [5.41, 5.74) is 4.75. The van der Waals surface area contributed by atoms with Crippen LogP contribution in [0.2, 0.25) is 0 Å². The zero-order chi connectivity index (χ0) is 11.1. The van der Waals surface area contributed by atoms with E-state index in [-0.39, 0.29) is 0 Å². The highest BCUT2D eigenvalue weighted by Gasteiger charge is 2.19. The van der Waals surface area contributed by atoms with Crippen LogP contribution in [0.4, 0.5) is 0 Å². The first kappa shape index (κ1) is 10.5. The highest BCUT2D eigenvalue weighted by Crippen LogP contribution is 2.29. The van der Waals surface area contributed by atoms with Crippen molar-refractivity contribution in [2.45, 2.75) is 40.5 Å². The fourth-order valence-electron chi connectivity index (χ4n) is 2.28. The van der Waals surface area contributed by atoms with Gasteiger partial charge in [-0.05, 0) is 41.4 Å². The molecule has 1 aliphatic carbocycles. The first-order chi connectivity index (χ1) is 6.96. The minimum atomic E-state index is 0.375. The molecule has 0 fully saturated rings. The molecule has 1 heteroatoms. The number of rotatable bonds is 1. The van der Waals surface area contributed by atoms with Gasteiger partial charge in [-0.3, -0.25) is 0 Å². The largest absolute Gasteiger partial charge is 0.361 e. The third kappa shape index (κ3) is 2.34. The first-order valence-corrected chi connectivity index (χ1v) is 5.83. The molecule has 1 unspecified atom stereocenters. The predicted molar refractivity (Wildman–Crippen MR) is 65.9 cm³/mol. The molecule has 1 nitrogen and oxygen atoms in total. The molecule has 0 radical (unpaired) electrons. The van der Waals surface area contributed by atoms with E-state index in [0.717, 1.165) is 0 Å². The van der Waals surface area contributed by atoms with Crippen LogP contribution in [0.15, 0.2) is 12.3 Å². The second-order valence-electron chi connectivity index (χ2n) is 5.98. The molecule has 0 aromatic carbocycles. The third-order valence-electron chi connectivity index (χ3n) is 2.95. The van der Waals surface area contributed by atoms with Crippen LogP contribution in [0.25, 0.3) is 6.08 Å². The maximum Gasteiger partial charge on any atom is 0.0412 e. The van der Waals surface area contributed by atoms with E-state index < -0.39 is 0 Å². The molecule has 0 spiro atoms. The molecule has 0 saturated heterocycles. The van der Waals surface area contributed by atoms with Crippen molar-refractivity contribution < 1.29 is 0 Å². The highest BCUT2D eigenvalue weighted by atomic mass is 14.7. The lowest BCUT2D eigenvalue weighted by Crippen LogP contribution is -2.11. The number of hydrogen-bond donors (Lipinski definition) is 1. The molecule has 0 aliphatic heterocycles. The molecular weight excluding hydrogens is 182 g/mol. The van der Waals surface area contributed by atoms with Gasteiger partial charge in [0.2, 0.25) is 0 Å². The molecule has 1 atom stereocenters. The highest BCUT2D eigenvalue weighted by molar-refractivity contribution is 5.55. The van der Waals surface area contributed by atoms with Gasteiger partial charge in [-0.15, -0.1) is 0 Å². The van der Waals surface area contributed by atoms with E-state index in [1.807, 2.05) is 0 Å². The van der Waals surface area contributed by atoms with E-state index in [1.54, 1.807) is 5.56 Å². The Morgan fingerprint density at radius 2 is 2.13 bits per heavy atom. The molecule has 2 rings (SSSR count). The maximum atomic E-state index is 3.38. The average molecular weight is 203 g/mol. The van der Waals surface area contributed by atoms with Crippen LogP contribution in [0.3, 0.4) is 0 Å². The SMILES string of the molecule is CC1C=Cc2[nH]cc(CC(C)(C)C)c2C1. The smallest absolute Gasteiger partial charge is 0.0412 e. The fourth-order valence-corrected chi connectivity index (χ4v) is 2.28. The molecule has 0 bridgehead atoms. The van der Waals surface area contributed by atoms with Crippen LogP contribution in [-0.4, -0.2) is 4.98 Å². The molecule has 0 saturated carbocycles. The zero-order valence-electron chi connectivity index (χ0n) is 10.2. The first-order valence-electron chi connectivity index (χ1n) is 5.83. The Kier molecular flexibility index (Phi) is 2.49. The van der Waals surface area contributed by atoms with E-state index in [2.05, 4.69) is 51.0 Å². The number of nitrogens with one attached hydrogen (secondary N) is 1. The predicted octanol–water partition coefficient (Wildman–Crippen LogP) is 3.81. The molecule has 1 aromatic rings. The fraction of sp³-hybridized carbons (Fsp3) is 0.571. The summed E-state index contributed by atoms with van der Waals surface area (Å²) in [6, 6.07) is 0. The van der Waals surface area contributed by atoms with Gasteiger partial charge in [0.25, 0.3) is 0 Å². The molecule has 1 aromatic heterocycles. The monoisotopic (exact) mass is 203 g/mol. The van der Waals surface area contributed by atoms with E-state index >= 15 is 0 Å². The van der Waals surface area contributed by atoms with Crippen molar-refractivity contribution in [3.63, 3.8) is 0 Å². The van der Waals surface area contributed by atoms with E-state index in [0.29, 0.717) is 11.3 Å². The summed E-state index contributed by atoms with van der Waals surface area (Å²) in [4.78, 5) is 3.38. The van der Waals surface area contributed by atoms with Crippen molar-refractivity contribution in [3.05, 3.63) is 29.1 Å². The van der Waals surface area contributed by atoms with Gasteiger partial charge in [0, 0.05) is 11.9 Å². The van der Waals surface area contributed by atoms with Gasteiger partial charge in [-0.25, -0.2) is 0 Å². The Balaban J connectivity index is 2.28. The van der Waals surface area contributed by atoms with Crippen molar-refractivity contribution >= 4 is 6.08 Å². The van der Waals surface area contributed by atoms with Crippen LogP contribution in [0.5, 0.6) is 0 Å². The molecule has 15 heavy (non-hydrogen) atoms. The summed E-state index contributed by atoms with van der Waals surface area (Å²) in [7, 11) is 0. The summed E-state index contributed by atoms with van der Waals surface area (Å²) in [6.07, 6.45) is 9.08. The third-order valence-corrected chi connectivity index (χ3v) is 2.95. The van der Waals surface area contributed by atoms with E-state index in [1.165, 1.54) is 24.1 Å². The van der Waals surface area contributed by atoms with Crippen molar-refractivity contribution in [2.24, 2.45) is 11.3 Å². The summed E-state index contributed by atoms with van der Waals surface area (Å²) in [5.74, 6) is 0.687. The number of aromatic amines is 1. The lowest BCUT2D eigenvalue weighted by molar-refractivity contribution is 0.409. The Bertz CT molecular complexity index is 377. The van der Waals surface area contributed by atoms with Crippen molar-refractivity contribution in [2.75, 3.05) is 0 Å². The van der Waals surface area contributed by atoms with Crippen molar-refractivity contribution in [1.29, 1.82) is 0 Å². The summed E-state index contributed by atoms with van der Waals surface area (Å²) in [5, 5.41) is 0. The number of fused-ring (bicyclic) bond motifs is 1. The summed E-state index contributed by atoms with van der Waals surface area (Å²) < 4.78 is 0. The minimum Gasteiger partial charge on any atom is -0.361 e. The molecule has 1 aliphatic rings. The summed E-state index contributed by atoms with van der Waals surface area (Å²) in [6.45, 7) is 9.19. The Morgan fingerprint density at radius 1 is 1.40 bits per heavy atom. The zero-order valence-corrected chi connectivity index (χ0v) is 10.2. The van der Waals surface area contributed by atoms with Gasteiger partial charge < -0.3 is 4.98 Å². The van der Waals surface area contributed by atoms with Crippen LogP contribution in [0, 0.1) is 11.3 Å². The number of allylic oxidation sites excluding steroid dienone is 1. The van der Waals surface area contributed by atoms with E-state index in [9.17, 15) is 0 Å². The number of aromatic nitrogens is 1. The van der Waals surface area contributed by atoms with Crippen molar-refractivity contribution in [3.8, 4) is 0 Å². The number of hydrogen-bond acceptors (Lipinski definition) is 0. The molecule has 1 heterocycles. The molecule has 82 valence electrons. The molecule has 0 amide bonds. The Hall–Kier alpha value is -0.980. The van der Waals surface area contributed by atoms with Gasteiger partial charge in [-0.2, -0.15) is 0 Å². The normalized spacial score (nSPS) is 20.4. The van der Waals surface area contributed by atoms with Gasteiger partial charge in [-0.1, -0.05) is 33.8 Å².